The Morgan fingerprint density at radius 2 is 1.68 bits per heavy atom. The van der Waals surface area contributed by atoms with Gasteiger partial charge in [0.25, 0.3) is 0 Å². The molecule has 2 atom stereocenters. The van der Waals surface area contributed by atoms with Crippen molar-refractivity contribution in [1.82, 2.24) is 15.5 Å². The Morgan fingerprint density at radius 3 is 2.24 bits per heavy atom. The van der Waals surface area contributed by atoms with Gasteiger partial charge in [0.05, 0.1) is 18.9 Å². The van der Waals surface area contributed by atoms with Gasteiger partial charge in [-0.05, 0) is 43.8 Å². The number of ether oxygens (including phenoxy) is 2. The van der Waals surface area contributed by atoms with E-state index in [9.17, 15) is 18.0 Å². The second kappa shape index (κ2) is 13.0. The third-order valence-corrected chi connectivity index (χ3v) is 6.17. The fraction of sp³-hybridized carbons (Fsp3) is 0.417. The number of sulfone groups is 1. The molecule has 0 saturated carbocycles. The summed E-state index contributed by atoms with van der Waals surface area (Å²) in [5, 5.41) is 5.33. The summed E-state index contributed by atoms with van der Waals surface area (Å²) in [4.78, 5) is 27.2. The minimum absolute atomic E-state index is 0.0350. The highest BCUT2D eigenvalue weighted by Crippen LogP contribution is 2.20. The zero-order valence-corrected chi connectivity index (χ0v) is 20.8. The number of nitrogens with one attached hydrogen (secondary N) is 2. The van der Waals surface area contributed by atoms with E-state index in [-0.39, 0.29) is 31.4 Å². The van der Waals surface area contributed by atoms with Crippen LogP contribution in [0, 0.1) is 0 Å². The van der Waals surface area contributed by atoms with Crippen LogP contribution in [0.1, 0.15) is 23.6 Å². The molecule has 0 aliphatic carbocycles. The zero-order chi connectivity index (χ0) is 25.1. The molecule has 0 aromatic heterocycles. The van der Waals surface area contributed by atoms with Gasteiger partial charge in [-0.25, -0.2) is 13.2 Å². The maximum absolute atomic E-state index is 12.9. The normalized spacial score (nSPS) is 13.1. The lowest BCUT2D eigenvalue weighted by Gasteiger charge is -2.26. The van der Waals surface area contributed by atoms with Crippen LogP contribution in [0.25, 0.3) is 0 Å². The number of methoxy groups -OCH3 is 1. The van der Waals surface area contributed by atoms with Gasteiger partial charge in [0.1, 0.15) is 28.2 Å². The zero-order valence-electron chi connectivity index (χ0n) is 20.0. The van der Waals surface area contributed by atoms with E-state index in [2.05, 4.69) is 10.6 Å². The molecule has 0 saturated heterocycles. The van der Waals surface area contributed by atoms with Crippen LogP contribution in [0.3, 0.4) is 0 Å². The Kier molecular flexibility index (Phi) is 10.3. The molecule has 2 amide bonds. The molecule has 2 rings (SSSR count). The quantitative estimate of drug-likeness (QED) is 0.468. The van der Waals surface area contributed by atoms with Crippen LogP contribution in [0.2, 0.25) is 0 Å². The van der Waals surface area contributed by atoms with Crippen molar-refractivity contribution < 1.29 is 27.5 Å². The molecule has 0 bridgehead atoms. The van der Waals surface area contributed by atoms with E-state index in [1.165, 1.54) is 0 Å². The lowest BCUT2D eigenvalue weighted by Crippen LogP contribution is -2.49. The number of nitrogens with zero attached hydrogens (tertiary/aromatic N) is 1. The molecule has 10 heteroatoms. The maximum Gasteiger partial charge on any atom is 0.408 e. The summed E-state index contributed by atoms with van der Waals surface area (Å²) in [7, 11) is 2.04. The van der Waals surface area contributed by atoms with Crippen molar-refractivity contribution in [2.75, 3.05) is 39.8 Å². The first kappa shape index (κ1) is 27.1. The van der Waals surface area contributed by atoms with Crippen molar-refractivity contribution in [1.29, 1.82) is 0 Å². The Hall–Kier alpha value is -3.11. The number of carbonyl (C=O) groups is 2. The number of benzene rings is 2. The van der Waals surface area contributed by atoms with E-state index in [1.54, 1.807) is 7.11 Å². The van der Waals surface area contributed by atoms with Crippen LogP contribution >= 0.6 is 0 Å². The van der Waals surface area contributed by atoms with Crippen molar-refractivity contribution in [3.05, 3.63) is 65.7 Å². The summed E-state index contributed by atoms with van der Waals surface area (Å²) in [5.74, 6) is -0.00960. The number of amides is 2. The minimum Gasteiger partial charge on any atom is -0.497 e. The Labute approximate surface area is 201 Å². The summed E-state index contributed by atoms with van der Waals surface area (Å²) < 4.78 is 33.7. The summed E-state index contributed by atoms with van der Waals surface area (Å²) in [5.41, 5.74) is 1.76. The molecule has 34 heavy (non-hydrogen) atoms. The van der Waals surface area contributed by atoms with Gasteiger partial charge in [-0.3, -0.25) is 4.79 Å². The first-order valence-corrected chi connectivity index (χ1v) is 12.9. The molecule has 0 aliphatic rings. The number of carbonyl (C=O) groups excluding carboxylic acids is 2. The van der Waals surface area contributed by atoms with Gasteiger partial charge in [0, 0.05) is 12.8 Å². The van der Waals surface area contributed by atoms with Gasteiger partial charge in [0.15, 0.2) is 0 Å². The number of hydrogen-bond acceptors (Lipinski definition) is 7. The molecule has 9 nitrogen and oxygen atoms in total. The second-order valence-electron chi connectivity index (χ2n) is 8.17. The molecule has 0 spiro atoms. The van der Waals surface area contributed by atoms with E-state index < -0.39 is 27.9 Å². The van der Waals surface area contributed by atoms with Crippen molar-refractivity contribution in [2.45, 2.75) is 25.1 Å². The number of hydrogen-bond donors (Lipinski definition) is 2. The summed E-state index contributed by atoms with van der Waals surface area (Å²) in [6.07, 6.45) is 0.221. The molecule has 2 N–H and O–H groups in total. The van der Waals surface area contributed by atoms with E-state index in [1.807, 2.05) is 73.6 Å². The van der Waals surface area contributed by atoms with E-state index >= 15 is 0 Å². The molecule has 0 aliphatic heterocycles. The van der Waals surface area contributed by atoms with Crippen molar-refractivity contribution in [3.8, 4) is 5.75 Å². The second-order valence-corrected chi connectivity index (χ2v) is 10.4. The van der Waals surface area contributed by atoms with E-state index in [0.717, 1.165) is 23.1 Å². The number of likely N-dealkylation sites (N-methyl/N-ethyl adjacent to an activating group) is 1. The largest absolute Gasteiger partial charge is 0.497 e. The van der Waals surface area contributed by atoms with Crippen molar-refractivity contribution in [3.63, 3.8) is 0 Å². The Balaban J connectivity index is 2.02. The number of alkyl carbamates (subject to hydrolysis) is 1. The predicted molar refractivity (Wildman–Crippen MR) is 130 cm³/mol. The topological polar surface area (TPSA) is 114 Å². The average molecular weight is 492 g/mol. The van der Waals surface area contributed by atoms with E-state index in [0.29, 0.717) is 0 Å². The van der Waals surface area contributed by atoms with Crippen LogP contribution < -0.4 is 15.4 Å². The number of rotatable bonds is 12. The fourth-order valence-electron chi connectivity index (χ4n) is 3.25. The Morgan fingerprint density at radius 1 is 1.03 bits per heavy atom. The van der Waals surface area contributed by atoms with Crippen LogP contribution in [0.15, 0.2) is 54.6 Å². The SMILES string of the molecule is COc1ccc(C(CNC(=O)C(CCS(C)(=O)=O)NC(=O)OCc2ccccc2)N(C)C)cc1. The molecular weight excluding hydrogens is 458 g/mol. The van der Waals surface area contributed by atoms with Gasteiger partial charge in [-0.2, -0.15) is 0 Å². The van der Waals surface area contributed by atoms with Gasteiger partial charge in [-0.1, -0.05) is 42.5 Å². The molecule has 0 heterocycles. The van der Waals surface area contributed by atoms with Crippen molar-refractivity contribution >= 4 is 21.8 Å². The van der Waals surface area contributed by atoms with Crippen LogP contribution in [0.4, 0.5) is 4.79 Å². The highest BCUT2D eigenvalue weighted by molar-refractivity contribution is 7.90. The average Bonchev–Trinajstić information content (AvgIpc) is 2.80. The van der Waals surface area contributed by atoms with Crippen LogP contribution in [0.5, 0.6) is 5.75 Å². The maximum atomic E-state index is 12.9. The van der Waals surface area contributed by atoms with Crippen LogP contribution in [-0.4, -0.2) is 71.1 Å². The fourth-order valence-corrected chi connectivity index (χ4v) is 3.92. The lowest BCUT2D eigenvalue weighted by atomic mass is 10.1. The first-order valence-electron chi connectivity index (χ1n) is 10.8. The molecule has 0 radical (unpaired) electrons. The summed E-state index contributed by atoms with van der Waals surface area (Å²) >= 11 is 0. The van der Waals surface area contributed by atoms with E-state index in [4.69, 9.17) is 9.47 Å². The van der Waals surface area contributed by atoms with Crippen molar-refractivity contribution in [2.24, 2.45) is 0 Å². The van der Waals surface area contributed by atoms with Gasteiger partial charge < -0.3 is 25.0 Å². The summed E-state index contributed by atoms with van der Waals surface area (Å²) in [6, 6.07) is 15.4. The summed E-state index contributed by atoms with van der Waals surface area (Å²) in [6.45, 7) is 0.293. The smallest absolute Gasteiger partial charge is 0.408 e. The monoisotopic (exact) mass is 491 g/mol. The molecule has 2 unspecified atom stereocenters. The van der Waals surface area contributed by atoms with Gasteiger partial charge in [-0.15, -0.1) is 0 Å². The Bertz CT molecular complexity index is 1030. The highest BCUT2D eigenvalue weighted by Gasteiger charge is 2.24. The lowest BCUT2D eigenvalue weighted by molar-refractivity contribution is -0.123. The standard InChI is InChI=1S/C24H33N3O6S/c1-27(2)22(19-10-12-20(32-3)13-11-19)16-25-23(28)21(14-15-34(4,30)31)26-24(29)33-17-18-8-6-5-7-9-18/h5-13,21-22H,14-17H2,1-4H3,(H,25,28)(H,26,29). The molecule has 2 aromatic carbocycles. The third kappa shape index (κ3) is 9.40. The molecular formula is C24H33N3O6S. The van der Waals surface area contributed by atoms with Gasteiger partial charge in [0.2, 0.25) is 5.91 Å². The highest BCUT2D eigenvalue weighted by atomic mass is 32.2. The predicted octanol–water partition coefficient (Wildman–Crippen LogP) is 2.14. The van der Waals surface area contributed by atoms with Crippen LogP contribution in [-0.2, 0) is 26.0 Å². The first-order chi connectivity index (χ1) is 16.1. The van der Waals surface area contributed by atoms with Gasteiger partial charge >= 0.3 is 6.09 Å². The minimum atomic E-state index is -3.33. The third-order valence-electron chi connectivity index (χ3n) is 5.19. The molecule has 0 fully saturated rings. The molecule has 2 aromatic rings. The molecule has 186 valence electrons.